The van der Waals surface area contributed by atoms with Crippen molar-refractivity contribution >= 4 is 39.8 Å². The van der Waals surface area contributed by atoms with Crippen molar-refractivity contribution in [1.29, 1.82) is 5.26 Å². The van der Waals surface area contributed by atoms with Gasteiger partial charge in [0.25, 0.3) is 0 Å². The second kappa shape index (κ2) is 6.46. The van der Waals surface area contributed by atoms with E-state index in [4.69, 9.17) is 0 Å². The summed E-state index contributed by atoms with van der Waals surface area (Å²) in [5.41, 5.74) is 5.44. The van der Waals surface area contributed by atoms with Gasteiger partial charge in [-0.2, -0.15) is 5.26 Å². The van der Waals surface area contributed by atoms with Crippen molar-refractivity contribution in [3.63, 3.8) is 0 Å². The zero-order valence-corrected chi connectivity index (χ0v) is 14.9. The summed E-state index contributed by atoms with van der Waals surface area (Å²) in [4.78, 5) is 15.8. The van der Waals surface area contributed by atoms with Gasteiger partial charge in [0.05, 0.1) is 16.6 Å². The number of benzene rings is 2. The highest BCUT2D eigenvalue weighted by Gasteiger charge is 2.15. The SMILES string of the molecule is CC(=O)Nc1ccc(Nc2cc(C)c(C#N)c3nc4ccccc4n23)cc1. The number of nitrogens with one attached hydrogen (secondary N) is 2. The number of aromatic nitrogens is 2. The molecule has 0 aliphatic carbocycles. The third-order valence-corrected chi connectivity index (χ3v) is 4.36. The second-order valence-corrected chi connectivity index (χ2v) is 6.34. The number of amides is 1. The Hall–Kier alpha value is -3.85. The van der Waals surface area contributed by atoms with E-state index in [9.17, 15) is 10.1 Å². The molecule has 0 radical (unpaired) electrons. The lowest BCUT2D eigenvalue weighted by molar-refractivity contribution is -0.114. The number of carbonyl (C=O) groups is 1. The van der Waals surface area contributed by atoms with Gasteiger partial charge in [0.15, 0.2) is 5.65 Å². The van der Waals surface area contributed by atoms with E-state index >= 15 is 0 Å². The number of imidazole rings is 1. The standard InChI is InChI=1S/C21H17N5O/c1-13-11-20(24-16-9-7-15(8-10-16)23-14(2)27)26-19-6-4-3-5-18(19)25-21(26)17(13)12-22/h3-11,24H,1-2H3,(H,23,27). The summed E-state index contributed by atoms with van der Waals surface area (Å²) in [6.45, 7) is 3.38. The van der Waals surface area contributed by atoms with Gasteiger partial charge in [-0.05, 0) is 55.0 Å². The molecule has 132 valence electrons. The molecule has 4 rings (SSSR count). The van der Waals surface area contributed by atoms with Gasteiger partial charge in [-0.1, -0.05) is 12.1 Å². The maximum absolute atomic E-state index is 11.2. The molecule has 2 aromatic carbocycles. The molecule has 0 saturated heterocycles. The van der Waals surface area contributed by atoms with Crippen molar-refractivity contribution in [3.8, 4) is 6.07 Å². The number of hydrogen-bond donors (Lipinski definition) is 2. The van der Waals surface area contributed by atoms with Crippen molar-refractivity contribution < 1.29 is 4.79 Å². The summed E-state index contributed by atoms with van der Waals surface area (Å²) in [5, 5.41) is 15.7. The summed E-state index contributed by atoms with van der Waals surface area (Å²) in [6.07, 6.45) is 0. The summed E-state index contributed by atoms with van der Waals surface area (Å²) in [5.74, 6) is 0.715. The average Bonchev–Trinajstić information content (AvgIpc) is 3.02. The predicted octanol–water partition coefficient (Wildman–Crippen LogP) is 4.37. The van der Waals surface area contributed by atoms with Crippen molar-refractivity contribution in [2.45, 2.75) is 13.8 Å². The Morgan fingerprint density at radius 2 is 1.81 bits per heavy atom. The molecule has 0 fully saturated rings. The Bertz CT molecular complexity index is 1220. The van der Waals surface area contributed by atoms with Crippen molar-refractivity contribution in [3.05, 3.63) is 65.7 Å². The van der Waals surface area contributed by atoms with Crippen LogP contribution in [0.1, 0.15) is 18.1 Å². The number of carbonyl (C=O) groups excluding carboxylic acids is 1. The molecule has 2 heterocycles. The topological polar surface area (TPSA) is 82.2 Å². The molecule has 0 atom stereocenters. The first-order chi connectivity index (χ1) is 13.1. The number of nitriles is 1. The number of pyridine rings is 1. The van der Waals surface area contributed by atoms with Gasteiger partial charge < -0.3 is 10.6 Å². The fraction of sp³-hybridized carbons (Fsp3) is 0.0952. The van der Waals surface area contributed by atoms with E-state index in [1.807, 2.05) is 65.9 Å². The van der Waals surface area contributed by atoms with Crippen LogP contribution in [-0.2, 0) is 4.79 Å². The van der Waals surface area contributed by atoms with Crippen LogP contribution in [-0.4, -0.2) is 15.3 Å². The minimum absolute atomic E-state index is 0.106. The summed E-state index contributed by atoms with van der Waals surface area (Å²) in [7, 11) is 0. The number of rotatable bonds is 3. The molecule has 1 amide bonds. The fourth-order valence-electron chi connectivity index (χ4n) is 3.17. The third-order valence-electron chi connectivity index (χ3n) is 4.36. The quantitative estimate of drug-likeness (QED) is 0.572. The van der Waals surface area contributed by atoms with Gasteiger partial charge in [-0.15, -0.1) is 0 Å². The van der Waals surface area contributed by atoms with Crippen LogP contribution in [0.15, 0.2) is 54.6 Å². The van der Waals surface area contributed by atoms with Crippen LogP contribution in [0.25, 0.3) is 16.7 Å². The number of para-hydroxylation sites is 2. The van der Waals surface area contributed by atoms with Crippen LogP contribution < -0.4 is 10.6 Å². The summed E-state index contributed by atoms with van der Waals surface area (Å²) in [6, 6.07) is 19.5. The van der Waals surface area contributed by atoms with E-state index in [1.165, 1.54) is 6.92 Å². The maximum atomic E-state index is 11.2. The molecule has 0 aliphatic heterocycles. The molecule has 0 aliphatic rings. The minimum atomic E-state index is -0.106. The van der Waals surface area contributed by atoms with Crippen LogP contribution in [0.3, 0.4) is 0 Å². The number of aryl methyl sites for hydroxylation is 1. The first-order valence-corrected chi connectivity index (χ1v) is 8.52. The first-order valence-electron chi connectivity index (χ1n) is 8.52. The molecule has 2 aromatic heterocycles. The van der Waals surface area contributed by atoms with Crippen LogP contribution in [0.4, 0.5) is 17.2 Å². The molecule has 0 bridgehead atoms. The molecule has 0 spiro atoms. The summed E-state index contributed by atoms with van der Waals surface area (Å²) >= 11 is 0. The Kier molecular flexibility index (Phi) is 3.98. The van der Waals surface area contributed by atoms with E-state index in [0.717, 1.165) is 33.8 Å². The van der Waals surface area contributed by atoms with Crippen LogP contribution in [0, 0.1) is 18.3 Å². The van der Waals surface area contributed by atoms with Gasteiger partial charge in [0.2, 0.25) is 5.91 Å². The Morgan fingerprint density at radius 1 is 1.11 bits per heavy atom. The lowest BCUT2D eigenvalue weighted by Gasteiger charge is -2.13. The van der Waals surface area contributed by atoms with E-state index in [-0.39, 0.29) is 5.91 Å². The predicted molar refractivity (Wildman–Crippen MR) is 106 cm³/mol. The number of fused-ring (bicyclic) bond motifs is 3. The van der Waals surface area contributed by atoms with E-state index in [2.05, 4.69) is 21.7 Å². The Labute approximate surface area is 156 Å². The first kappa shape index (κ1) is 16.6. The Morgan fingerprint density at radius 3 is 2.52 bits per heavy atom. The fourth-order valence-corrected chi connectivity index (χ4v) is 3.17. The molecular formula is C21H17N5O. The molecule has 27 heavy (non-hydrogen) atoms. The van der Waals surface area contributed by atoms with E-state index in [0.29, 0.717) is 11.2 Å². The van der Waals surface area contributed by atoms with Crippen molar-refractivity contribution in [2.75, 3.05) is 10.6 Å². The third kappa shape index (κ3) is 2.96. The minimum Gasteiger partial charge on any atom is -0.341 e. The molecule has 6 heteroatoms. The van der Waals surface area contributed by atoms with Gasteiger partial charge in [-0.3, -0.25) is 9.20 Å². The molecule has 0 unspecified atom stereocenters. The Balaban J connectivity index is 1.84. The zero-order valence-electron chi connectivity index (χ0n) is 14.9. The zero-order chi connectivity index (χ0) is 19.0. The molecular weight excluding hydrogens is 338 g/mol. The van der Waals surface area contributed by atoms with Gasteiger partial charge in [0.1, 0.15) is 11.9 Å². The van der Waals surface area contributed by atoms with Gasteiger partial charge >= 0.3 is 0 Å². The van der Waals surface area contributed by atoms with Crippen molar-refractivity contribution in [2.24, 2.45) is 0 Å². The van der Waals surface area contributed by atoms with Crippen molar-refractivity contribution in [1.82, 2.24) is 9.38 Å². The number of hydrogen-bond acceptors (Lipinski definition) is 4. The number of nitrogens with zero attached hydrogens (tertiary/aromatic N) is 3. The molecule has 0 saturated carbocycles. The van der Waals surface area contributed by atoms with Gasteiger partial charge in [-0.25, -0.2) is 4.98 Å². The second-order valence-electron chi connectivity index (χ2n) is 6.34. The lowest BCUT2D eigenvalue weighted by Crippen LogP contribution is -2.05. The van der Waals surface area contributed by atoms with Gasteiger partial charge in [0, 0.05) is 18.3 Å². The highest BCUT2D eigenvalue weighted by molar-refractivity contribution is 5.89. The van der Waals surface area contributed by atoms with E-state index in [1.54, 1.807) is 0 Å². The molecule has 6 nitrogen and oxygen atoms in total. The number of anilines is 3. The largest absolute Gasteiger partial charge is 0.341 e. The highest BCUT2D eigenvalue weighted by Crippen LogP contribution is 2.28. The average molecular weight is 355 g/mol. The smallest absolute Gasteiger partial charge is 0.221 e. The summed E-state index contributed by atoms with van der Waals surface area (Å²) < 4.78 is 1.96. The van der Waals surface area contributed by atoms with Crippen LogP contribution in [0.5, 0.6) is 0 Å². The highest BCUT2D eigenvalue weighted by atomic mass is 16.1. The molecule has 2 N–H and O–H groups in total. The normalized spacial score (nSPS) is 10.7. The maximum Gasteiger partial charge on any atom is 0.221 e. The van der Waals surface area contributed by atoms with E-state index < -0.39 is 0 Å². The van der Waals surface area contributed by atoms with Crippen LogP contribution in [0.2, 0.25) is 0 Å². The molecule has 4 aromatic rings. The lowest BCUT2D eigenvalue weighted by atomic mass is 10.1. The monoisotopic (exact) mass is 355 g/mol. The van der Waals surface area contributed by atoms with Crippen LogP contribution >= 0.6 is 0 Å².